The van der Waals surface area contributed by atoms with E-state index in [1.54, 1.807) is 12.1 Å². The van der Waals surface area contributed by atoms with Crippen molar-refractivity contribution in [2.75, 3.05) is 0 Å². The molecule has 0 radical (unpaired) electrons. The Morgan fingerprint density at radius 3 is 2.55 bits per heavy atom. The molecule has 2 rings (SSSR count). The van der Waals surface area contributed by atoms with E-state index >= 15 is 0 Å². The predicted octanol–water partition coefficient (Wildman–Crippen LogP) is 2.17. The molecule has 110 valence electrons. The molecule has 20 heavy (non-hydrogen) atoms. The fourth-order valence-corrected chi connectivity index (χ4v) is 2.24. The summed E-state index contributed by atoms with van der Waals surface area (Å²) in [5.41, 5.74) is 8.16. The summed E-state index contributed by atoms with van der Waals surface area (Å²) in [5.74, 6) is -0.884. The molecular formula is C15H22N2O3. The van der Waals surface area contributed by atoms with Gasteiger partial charge in [0.25, 0.3) is 0 Å². The number of nitrogens with two attached hydrogens (primary N) is 1. The second-order valence-corrected chi connectivity index (χ2v) is 4.44. The maximum Gasteiger partial charge on any atom is 0.320 e. The van der Waals surface area contributed by atoms with Gasteiger partial charge in [-0.1, -0.05) is 19.9 Å². The zero-order chi connectivity index (χ0) is 15.4. The second kappa shape index (κ2) is 6.43. The Bertz CT molecular complexity index is 617. The molecule has 0 fully saturated rings. The van der Waals surface area contributed by atoms with E-state index in [1.807, 2.05) is 38.5 Å². The number of hydrogen-bond acceptors (Lipinski definition) is 3. The van der Waals surface area contributed by atoms with Gasteiger partial charge in [0.2, 0.25) is 0 Å². The summed E-state index contributed by atoms with van der Waals surface area (Å²) in [5, 5.41) is 19.5. The van der Waals surface area contributed by atoms with Gasteiger partial charge >= 0.3 is 5.97 Å². The van der Waals surface area contributed by atoms with Gasteiger partial charge in [0.15, 0.2) is 0 Å². The van der Waals surface area contributed by atoms with Crippen LogP contribution in [0.2, 0.25) is 0 Å². The van der Waals surface area contributed by atoms with Crippen molar-refractivity contribution < 1.29 is 15.0 Å². The van der Waals surface area contributed by atoms with Crippen molar-refractivity contribution in [2.24, 2.45) is 12.8 Å². The van der Waals surface area contributed by atoms with Gasteiger partial charge in [-0.2, -0.15) is 0 Å². The third-order valence-corrected chi connectivity index (χ3v) is 3.36. The highest BCUT2D eigenvalue weighted by atomic mass is 16.4. The molecular weight excluding hydrogens is 256 g/mol. The first-order valence-electron chi connectivity index (χ1n) is 6.67. The number of fused-ring (bicyclic) bond motifs is 1. The number of benzene rings is 1. The number of aliphatic carboxylic acids is 1. The molecule has 4 N–H and O–H groups in total. The molecule has 2 aromatic rings. The topological polar surface area (TPSA) is 88.5 Å². The lowest BCUT2D eigenvalue weighted by Crippen LogP contribution is -2.32. The number of carboxylic acid groups (broad SMARTS) is 1. The number of carbonyl (C=O) groups is 1. The van der Waals surface area contributed by atoms with Crippen LogP contribution < -0.4 is 5.73 Å². The standard InChI is InChI=1S/C13H16N2O3.C2H6/c1-7-8(6-9(14)13(17)18)12-10(15(7)2)4-3-5-11(12)16;1-2/h3-5,9,16H,6,14H2,1-2H3,(H,17,18);1-2H3. The van der Waals surface area contributed by atoms with E-state index in [-0.39, 0.29) is 12.2 Å². The summed E-state index contributed by atoms with van der Waals surface area (Å²) < 4.78 is 1.93. The van der Waals surface area contributed by atoms with Gasteiger partial charge in [-0.25, -0.2) is 0 Å². The van der Waals surface area contributed by atoms with Crippen molar-refractivity contribution in [3.05, 3.63) is 29.5 Å². The van der Waals surface area contributed by atoms with Crippen LogP contribution >= 0.6 is 0 Å². The van der Waals surface area contributed by atoms with Crippen molar-refractivity contribution >= 4 is 16.9 Å². The molecule has 0 aliphatic heterocycles. The first-order valence-corrected chi connectivity index (χ1v) is 6.67. The quantitative estimate of drug-likeness (QED) is 0.802. The Balaban J connectivity index is 0.000000956. The van der Waals surface area contributed by atoms with Gasteiger partial charge in [0, 0.05) is 24.5 Å². The smallest absolute Gasteiger partial charge is 0.320 e. The molecule has 5 heteroatoms. The summed E-state index contributed by atoms with van der Waals surface area (Å²) in [7, 11) is 1.88. The van der Waals surface area contributed by atoms with Crippen LogP contribution in [-0.4, -0.2) is 26.8 Å². The first kappa shape index (κ1) is 16.0. The van der Waals surface area contributed by atoms with Crippen LogP contribution in [0.4, 0.5) is 0 Å². The molecule has 0 saturated heterocycles. The number of phenols is 1. The molecule has 0 spiro atoms. The van der Waals surface area contributed by atoms with Crippen molar-refractivity contribution in [3.63, 3.8) is 0 Å². The number of phenolic OH excluding ortho intramolecular Hbond substituents is 1. The number of carboxylic acids is 1. The van der Waals surface area contributed by atoms with Crippen LogP contribution in [0.1, 0.15) is 25.1 Å². The maximum atomic E-state index is 10.8. The van der Waals surface area contributed by atoms with Crippen LogP contribution in [0.5, 0.6) is 5.75 Å². The second-order valence-electron chi connectivity index (χ2n) is 4.44. The normalized spacial score (nSPS) is 11.8. The van der Waals surface area contributed by atoms with E-state index in [2.05, 4.69) is 0 Å². The van der Waals surface area contributed by atoms with Crippen LogP contribution in [0.15, 0.2) is 18.2 Å². The number of rotatable bonds is 3. The molecule has 0 aliphatic rings. The van der Waals surface area contributed by atoms with Gasteiger partial charge < -0.3 is 20.5 Å². The van der Waals surface area contributed by atoms with Crippen molar-refractivity contribution in [1.82, 2.24) is 4.57 Å². The molecule has 0 aliphatic carbocycles. The molecule has 0 amide bonds. The van der Waals surface area contributed by atoms with E-state index in [0.29, 0.717) is 5.39 Å². The maximum absolute atomic E-state index is 10.8. The monoisotopic (exact) mass is 278 g/mol. The van der Waals surface area contributed by atoms with Crippen LogP contribution in [-0.2, 0) is 18.3 Å². The zero-order valence-electron chi connectivity index (χ0n) is 12.3. The Hall–Kier alpha value is -2.01. The van der Waals surface area contributed by atoms with E-state index < -0.39 is 12.0 Å². The highest BCUT2D eigenvalue weighted by molar-refractivity contribution is 5.91. The fraction of sp³-hybridized carbons (Fsp3) is 0.400. The number of hydrogen-bond donors (Lipinski definition) is 3. The van der Waals surface area contributed by atoms with Crippen molar-refractivity contribution in [1.29, 1.82) is 0 Å². The fourth-order valence-electron chi connectivity index (χ4n) is 2.24. The van der Waals surface area contributed by atoms with E-state index in [1.165, 1.54) is 0 Å². The predicted molar refractivity (Wildman–Crippen MR) is 80.0 cm³/mol. The zero-order valence-corrected chi connectivity index (χ0v) is 12.3. The van der Waals surface area contributed by atoms with Gasteiger partial charge in [-0.05, 0) is 24.6 Å². The van der Waals surface area contributed by atoms with Gasteiger partial charge in [-0.3, -0.25) is 4.79 Å². The van der Waals surface area contributed by atoms with Gasteiger partial charge in [0.1, 0.15) is 11.8 Å². The summed E-state index contributed by atoms with van der Waals surface area (Å²) >= 11 is 0. The van der Waals surface area contributed by atoms with E-state index in [9.17, 15) is 9.90 Å². The summed E-state index contributed by atoms with van der Waals surface area (Å²) in [6.45, 7) is 5.89. The molecule has 5 nitrogen and oxygen atoms in total. The van der Waals surface area contributed by atoms with Gasteiger partial charge in [0.05, 0.1) is 5.52 Å². The Labute approximate surface area is 118 Å². The van der Waals surface area contributed by atoms with Crippen LogP contribution in [0.25, 0.3) is 10.9 Å². The molecule has 1 aromatic carbocycles. The molecule has 0 saturated carbocycles. The number of aromatic nitrogens is 1. The average molecular weight is 278 g/mol. The van der Waals surface area contributed by atoms with E-state index in [0.717, 1.165) is 16.8 Å². The Kier molecular flexibility index (Phi) is 5.16. The molecule has 1 heterocycles. The molecule has 1 aromatic heterocycles. The summed E-state index contributed by atoms with van der Waals surface area (Å²) in [6.07, 6.45) is 0.204. The number of aryl methyl sites for hydroxylation is 1. The highest BCUT2D eigenvalue weighted by Crippen LogP contribution is 2.32. The third-order valence-electron chi connectivity index (χ3n) is 3.36. The molecule has 0 bridgehead atoms. The molecule has 1 unspecified atom stereocenters. The van der Waals surface area contributed by atoms with Crippen LogP contribution in [0.3, 0.4) is 0 Å². The lowest BCUT2D eigenvalue weighted by atomic mass is 10.0. The van der Waals surface area contributed by atoms with Crippen LogP contribution in [0, 0.1) is 6.92 Å². The summed E-state index contributed by atoms with van der Waals surface area (Å²) in [6, 6.07) is 4.28. The third kappa shape index (κ3) is 2.77. The van der Waals surface area contributed by atoms with Crippen molar-refractivity contribution in [3.8, 4) is 5.75 Å². The SMILES string of the molecule is CC.Cc1c(CC(N)C(=O)O)c2c(O)cccc2n1C. The minimum absolute atomic E-state index is 0.156. The number of aromatic hydroxyl groups is 1. The first-order chi connectivity index (χ1) is 9.43. The average Bonchev–Trinajstić information content (AvgIpc) is 2.67. The lowest BCUT2D eigenvalue weighted by Gasteiger charge is -2.07. The molecule has 1 atom stereocenters. The Morgan fingerprint density at radius 1 is 1.40 bits per heavy atom. The van der Waals surface area contributed by atoms with Gasteiger partial charge in [-0.15, -0.1) is 0 Å². The van der Waals surface area contributed by atoms with E-state index in [4.69, 9.17) is 10.8 Å². The summed E-state index contributed by atoms with van der Waals surface area (Å²) in [4.78, 5) is 10.8. The number of nitrogens with zero attached hydrogens (tertiary/aromatic N) is 1. The Morgan fingerprint density at radius 2 is 2.00 bits per heavy atom. The largest absolute Gasteiger partial charge is 0.507 e. The minimum Gasteiger partial charge on any atom is -0.507 e. The van der Waals surface area contributed by atoms with Crippen molar-refractivity contribution in [2.45, 2.75) is 33.2 Å². The lowest BCUT2D eigenvalue weighted by molar-refractivity contribution is -0.138. The highest BCUT2D eigenvalue weighted by Gasteiger charge is 2.20. The minimum atomic E-state index is -1.04.